The number of likely N-dealkylation sites (N-methyl/N-ethyl adjacent to an activating group) is 1. The van der Waals surface area contributed by atoms with Crippen LogP contribution in [0.2, 0.25) is 0 Å². The number of rotatable bonds is 9. The maximum Gasteiger partial charge on any atom is 0.250 e. The van der Waals surface area contributed by atoms with E-state index in [1.807, 2.05) is 0 Å². The van der Waals surface area contributed by atoms with E-state index in [0.29, 0.717) is 26.1 Å². The van der Waals surface area contributed by atoms with Crippen LogP contribution in [-0.4, -0.2) is 69.8 Å². The minimum Gasteiger partial charge on any atom is -0.351 e. The van der Waals surface area contributed by atoms with E-state index in [0.717, 1.165) is 35.6 Å². The van der Waals surface area contributed by atoms with Gasteiger partial charge in [0.15, 0.2) is 0 Å². The molecule has 152 valence electrons. The van der Waals surface area contributed by atoms with Gasteiger partial charge in [-0.15, -0.1) is 11.3 Å². The summed E-state index contributed by atoms with van der Waals surface area (Å²) in [5.41, 5.74) is 0. The smallest absolute Gasteiger partial charge is 0.250 e. The van der Waals surface area contributed by atoms with Crippen LogP contribution in [0.15, 0.2) is 16.3 Å². The predicted octanol–water partition coefficient (Wildman–Crippen LogP) is 0.605. The first-order valence-corrected chi connectivity index (χ1v) is 11.3. The van der Waals surface area contributed by atoms with E-state index >= 15 is 0 Å². The Labute approximate surface area is 165 Å². The van der Waals surface area contributed by atoms with Gasteiger partial charge in [-0.25, -0.2) is 13.1 Å². The second-order valence-corrected chi connectivity index (χ2v) is 9.97. The molecule has 1 aliphatic heterocycles. The summed E-state index contributed by atoms with van der Waals surface area (Å²) in [7, 11) is -0.0387. The van der Waals surface area contributed by atoms with Crippen LogP contribution in [0.4, 0.5) is 0 Å². The lowest BCUT2D eigenvalue weighted by Crippen LogP contribution is -2.43. The third-order valence-corrected chi connectivity index (χ3v) is 7.46. The fourth-order valence-corrected chi connectivity index (χ4v) is 5.45. The average molecular weight is 417 g/mol. The van der Waals surface area contributed by atoms with Crippen LogP contribution in [-0.2, 0) is 26.2 Å². The standard InChI is InChI=1S/C17H28N4O4S2/c1-13(22)18-12-14-7-8-16(26-14)27(24,25)19-9-5-11-21-10-4-6-15(21)17(23)20(2)3/h7-8,15,19H,4-6,9-12H2,1-3H3,(H,18,22). The van der Waals surface area contributed by atoms with Gasteiger partial charge in [-0.05, 0) is 37.9 Å². The van der Waals surface area contributed by atoms with Gasteiger partial charge in [0.2, 0.25) is 21.8 Å². The SMILES string of the molecule is CC(=O)NCc1ccc(S(=O)(=O)NCCCN2CCCC2C(=O)N(C)C)s1. The van der Waals surface area contributed by atoms with Crippen LogP contribution in [0.1, 0.15) is 31.1 Å². The first kappa shape index (κ1) is 21.8. The van der Waals surface area contributed by atoms with Crippen molar-refractivity contribution in [1.29, 1.82) is 0 Å². The minimum atomic E-state index is -3.55. The largest absolute Gasteiger partial charge is 0.351 e. The van der Waals surface area contributed by atoms with E-state index in [9.17, 15) is 18.0 Å². The number of nitrogens with zero attached hydrogens (tertiary/aromatic N) is 2. The summed E-state index contributed by atoms with van der Waals surface area (Å²) in [6, 6.07) is 3.16. The van der Waals surface area contributed by atoms with Crippen LogP contribution >= 0.6 is 11.3 Å². The highest BCUT2D eigenvalue weighted by atomic mass is 32.2. The van der Waals surface area contributed by atoms with Gasteiger partial charge < -0.3 is 10.2 Å². The Kier molecular flexibility index (Phi) is 7.78. The Balaban J connectivity index is 1.80. The maximum absolute atomic E-state index is 12.4. The van der Waals surface area contributed by atoms with Gasteiger partial charge in [0.1, 0.15) is 4.21 Å². The van der Waals surface area contributed by atoms with Crippen molar-refractivity contribution in [2.75, 3.05) is 33.7 Å². The molecule has 10 heteroatoms. The van der Waals surface area contributed by atoms with Gasteiger partial charge in [0.05, 0.1) is 12.6 Å². The number of hydrogen-bond donors (Lipinski definition) is 2. The molecule has 2 rings (SSSR count). The van der Waals surface area contributed by atoms with Crippen LogP contribution in [0.25, 0.3) is 0 Å². The van der Waals surface area contributed by atoms with Crippen molar-refractivity contribution in [3.05, 3.63) is 17.0 Å². The fraction of sp³-hybridized carbons (Fsp3) is 0.647. The number of hydrogen-bond acceptors (Lipinski definition) is 6. The Morgan fingerprint density at radius 1 is 1.33 bits per heavy atom. The number of carbonyl (C=O) groups excluding carboxylic acids is 2. The zero-order valence-electron chi connectivity index (χ0n) is 16.0. The molecule has 0 aromatic carbocycles. The summed E-state index contributed by atoms with van der Waals surface area (Å²) < 4.78 is 27.6. The fourth-order valence-electron chi connectivity index (χ4n) is 3.04. The number of likely N-dealkylation sites (tertiary alicyclic amines) is 1. The highest BCUT2D eigenvalue weighted by Gasteiger charge is 2.31. The molecule has 1 aromatic heterocycles. The molecule has 0 bridgehead atoms. The van der Waals surface area contributed by atoms with Gasteiger partial charge in [0.25, 0.3) is 0 Å². The van der Waals surface area contributed by atoms with E-state index in [1.165, 1.54) is 6.92 Å². The number of nitrogens with one attached hydrogen (secondary N) is 2. The second-order valence-electron chi connectivity index (χ2n) is 6.81. The molecule has 0 saturated carbocycles. The van der Waals surface area contributed by atoms with Crippen molar-refractivity contribution < 1.29 is 18.0 Å². The number of thiophene rings is 1. The zero-order valence-corrected chi connectivity index (χ0v) is 17.7. The average Bonchev–Trinajstić information content (AvgIpc) is 3.25. The molecule has 1 aliphatic rings. The number of sulfonamides is 1. The minimum absolute atomic E-state index is 0.0924. The lowest BCUT2D eigenvalue weighted by atomic mass is 10.2. The maximum atomic E-state index is 12.4. The van der Waals surface area contributed by atoms with E-state index in [4.69, 9.17) is 0 Å². The summed E-state index contributed by atoms with van der Waals surface area (Å²) in [4.78, 5) is 27.6. The van der Waals surface area contributed by atoms with Crippen molar-refractivity contribution in [2.24, 2.45) is 0 Å². The summed E-state index contributed by atoms with van der Waals surface area (Å²) in [5, 5.41) is 2.65. The predicted molar refractivity (Wildman–Crippen MR) is 105 cm³/mol. The Hall–Kier alpha value is -1.49. The molecule has 2 heterocycles. The van der Waals surface area contributed by atoms with Crippen LogP contribution in [0.5, 0.6) is 0 Å². The third-order valence-electron chi connectivity index (χ3n) is 4.42. The summed E-state index contributed by atoms with van der Waals surface area (Å²) in [6.07, 6.45) is 2.48. The van der Waals surface area contributed by atoms with Gasteiger partial charge in [-0.1, -0.05) is 0 Å². The number of amides is 2. The second kappa shape index (κ2) is 9.63. The molecule has 0 spiro atoms. The van der Waals surface area contributed by atoms with E-state index in [1.54, 1.807) is 31.1 Å². The highest BCUT2D eigenvalue weighted by molar-refractivity contribution is 7.91. The molecule has 8 nitrogen and oxygen atoms in total. The molecule has 1 saturated heterocycles. The first-order valence-electron chi connectivity index (χ1n) is 8.99. The Morgan fingerprint density at radius 2 is 2.07 bits per heavy atom. The van der Waals surface area contributed by atoms with Crippen LogP contribution < -0.4 is 10.0 Å². The van der Waals surface area contributed by atoms with E-state index < -0.39 is 10.0 Å². The Bertz CT molecular complexity index is 761. The van der Waals surface area contributed by atoms with Crippen molar-refractivity contribution >= 4 is 33.2 Å². The highest BCUT2D eigenvalue weighted by Crippen LogP contribution is 2.22. The lowest BCUT2D eigenvalue weighted by Gasteiger charge is -2.25. The van der Waals surface area contributed by atoms with E-state index in [-0.39, 0.29) is 22.1 Å². The summed E-state index contributed by atoms with van der Waals surface area (Å²) in [5.74, 6) is -0.0442. The molecular formula is C17H28N4O4S2. The molecule has 0 aliphatic carbocycles. The third kappa shape index (κ3) is 6.27. The zero-order chi connectivity index (χ0) is 20.0. The molecule has 0 radical (unpaired) electrons. The molecule has 2 amide bonds. The van der Waals surface area contributed by atoms with Crippen molar-refractivity contribution in [2.45, 2.75) is 43.0 Å². The van der Waals surface area contributed by atoms with Crippen molar-refractivity contribution in [1.82, 2.24) is 19.8 Å². The Morgan fingerprint density at radius 3 is 2.74 bits per heavy atom. The summed E-state index contributed by atoms with van der Waals surface area (Å²) >= 11 is 1.15. The molecule has 1 fully saturated rings. The normalized spacial score (nSPS) is 17.8. The van der Waals surface area contributed by atoms with Gasteiger partial charge in [-0.3, -0.25) is 14.5 Å². The quantitative estimate of drug-likeness (QED) is 0.575. The molecule has 27 heavy (non-hydrogen) atoms. The van der Waals surface area contributed by atoms with Gasteiger partial charge in [-0.2, -0.15) is 0 Å². The molecule has 1 atom stereocenters. The van der Waals surface area contributed by atoms with Gasteiger partial charge >= 0.3 is 0 Å². The number of carbonyl (C=O) groups is 2. The van der Waals surface area contributed by atoms with Gasteiger partial charge in [0, 0.05) is 39.0 Å². The first-order chi connectivity index (χ1) is 12.7. The molecule has 1 unspecified atom stereocenters. The van der Waals surface area contributed by atoms with Crippen LogP contribution in [0, 0.1) is 0 Å². The van der Waals surface area contributed by atoms with Crippen molar-refractivity contribution in [3.63, 3.8) is 0 Å². The van der Waals surface area contributed by atoms with Crippen LogP contribution in [0.3, 0.4) is 0 Å². The molecular weight excluding hydrogens is 388 g/mol. The molecule has 2 N–H and O–H groups in total. The monoisotopic (exact) mass is 416 g/mol. The molecule has 1 aromatic rings. The lowest BCUT2D eigenvalue weighted by molar-refractivity contribution is -0.133. The summed E-state index contributed by atoms with van der Waals surface area (Å²) in [6.45, 7) is 3.62. The van der Waals surface area contributed by atoms with E-state index in [2.05, 4.69) is 14.9 Å². The topological polar surface area (TPSA) is 98.8 Å². The van der Waals surface area contributed by atoms with Crippen molar-refractivity contribution in [3.8, 4) is 0 Å².